The molecule has 8 heterocycles. The lowest BCUT2D eigenvalue weighted by Gasteiger charge is -2.48. The van der Waals surface area contributed by atoms with Crippen LogP contribution in [0.3, 0.4) is 0 Å². The maximum absolute atomic E-state index is 16.3. The number of rotatable bonds is 21. The first kappa shape index (κ1) is 93.1. The highest BCUT2D eigenvalue weighted by atomic mass is 35.5. The normalized spacial score (nSPS) is 26.0. The van der Waals surface area contributed by atoms with Gasteiger partial charge in [0, 0.05) is 62.5 Å². The van der Waals surface area contributed by atoms with Crippen molar-refractivity contribution in [3.05, 3.63) is 173 Å². The molecule has 18 atom stereocenters. The van der Waals surface area contributed by atoms with Gasteiger partial charge in [-0.25, -0.2) is 9.80 Å². The Morgan fingerprint density at radius 2 is 1.35 bits per heavy atom. The Balaban J connectivity index is 0.999. The number of phenolic OH excluding ortho intramolecular Hbond substituents is 3. The molecule has 0 aliphatic carbocycles. The molecule has 668 valence electrons. The zero-order valence-electron chi connectivity index (χ0n) is 67.7. The number of hydrogen-bond donors (Lipinski definition) is 20. The number of phenols is 3. The van der Waals surface area contributed by atoms with E-state index in [-0.39, 0.29) is 71.6 Å². The van der Waals surface area contributed by atoms with Gasteiger partial charge >= 0.3 is 5.69 Å². The molecular weight excluding hydrogens is 1720 g/mol. The van der Waals surface area contributed by atoms with Crippen molar-refractivity contribution in [2.45, 2.75) is 169 Å². The minimum atomic E-state index is -2.38. The second-order valence-electron chi connectivity index (χ2n) is 31.3. The van der Waals surface area contributed by atoms with Gasteiger partial charge in [0.2, 0.25) is 59.3 Å². The zero-order chi connectivity index (χ0) is 90.6. The number of aromatic nitrogens is 2. The van der Waals surface area contributed by atoms with Crippen LogP contribution in [0.25, 0.3) is 11.1 Å². The van der Waals surface area contributed by atoms with Gasteiger partial charge in [0.05, 0.1) is 57.8 Å². The maximum Gasteiger partial charge on any atom is 0.349 e. The van der Waals surface area contributed by atoms with E-state index in [9.17, 15) is 69.9 Å². The number of anilines is 1. The van der Waals surface area contributed by atoms with Crippen molar-refractivity contribution < 1.29 is 118 Å². The number of hydrazine groups is 1. The fraction of sp³-hybridized carbons (Fsp3) is 0.402. The number of aliphatic hydroxyl groups is 6. The third-order valence-electron chi connectivity index (χ3n) is 21.5. The molecule has 125 heavy (non-hydrogen) atoms. The SMILES string of the molecule is CN[C@H](CC(C)C)C(=O)N[C@H]1C(=O)N[C@@H](CC(N)=O)C(=O)N[C@H]2C(=O)N[C@H]3C(=O)N[C@H](C(=O)N[C@@H](C(=O)NN(C)C)c4cc(O)cc(O)c4-c4cc3ccc4O)[C@H](O)c3ccc(c(Cl)c3)Oc3cc2cc(c3O[C@@H]2O[C@H](CO)[C@@H](O)[C@H](O)[C@H]2O[C@H]2C[C@](C)(NCCn3ccc(NC(=O)Cc4ccc(Cl)c(Cl)c4)nc3=O)[C@H](O)[C@H](C)O2)Oc2ccc(cc2Cl)[C@H]1O. The summed E-state index contributed by atoms with van der Waals surface area (Å²) in [5, 5.41) is 131. The predicted octanol–water partition coefficient (Wildman–Crippen LogP) is 1.99. The fourth-order valence-corrected chi connectivity index (χ4v) is 15.9. The van der Waals surface area contributed by atoms with Crippen LogP contribution >= 0.6 is 46.4 Å². The van der Waals surface area contributed by atoms with Crippen LogP contribution in [0.5, 0.6) is 46.0 Å². The first-order chi connectivity index (χ1) is 59.2. The van der Waals surface area contributed by atoms with Crippen LogP contribution in [0.4, 0.5) is 5.82 Å². The number of aliphatic hydroxyl groups excluding tert-OH is 6. The number of benzene rings is 6. The lowest BCUT2D eigenvalue weighted by atomic mass is 9.85. The first-order valence-corrected chi connectivity index (χ1v) is 40.7. The van der Waals surface area contributed by atoms with Gasteiger partial charge in [-0.1, -0.05) is 84.5 Å². The van der Waals surface area contributed by atoms with Crippen molar-refractivity contribution in [1.29, 1.82) is 0 Å². The largest absolute Gasteiger partial charge is 0.508 e. The molecule has 14 rings (SSSR count). The van der Waals surface area contributed by atoms with Crippen LogP contribution in [0.2, 0.25) is 20.1 Å². The topological polar surface area (TPSA) is 576 Å². The van der Waals surface area contributed by atoms with Crippen LogP contribution in [0, 0.1) is 5.92 Å². The van der Waals surface area contributed by atoms with Crippen molar-refractivity contribution in [2.24, 2.45) is 11.7 Å². The standard InChI is InChI=1S/C82H92Cl4N14O25/c1-33(2)20-47(88-5)73(112)96-64-66(107)37-10-14-51(45(85)24-37)121-53-26-39-27-54(70(53)125-80-71(69(110)68(109)55(32-101)123-80)124-59-31-82(4,72(111)34(3)120-59)89-17-19-100-18-16-57(92-81(100)119)91-58(106)22-35-8-12-43(83)44(84)21-35)122-52-15-11-38(25-46(52)86)67(108)65-78(117)95-63(79(118)98-99(6)7)42-28-40(102)29-50(104)60(42)41-23-36(9-13-49(41)103)61(75(114)97-65)94-76(115)62(39)93-74(113)48(30-56(87)105)90-77(64)116/h8-16,18,21,23-29,33-34,47-48,55,59,61-69,71-72,80,88-89,101-104,107-111H,17,19-20,22,30-32H2,1-7H3,(H2,87,105)(H,90,116)(H,93,113)(H,94,115)(H,95,117)(H,96,112)(H,97,114)(H,98,118)(H,91,92,106,119)/t34-,47+,48-,55+,59-,61+,62+,63+,64+,65-,66+,67+,68+,69-,71+,72+,80-,82-/m0/s1. The second kappa shape index (κ2) is 39.2. The molecule has 7 aliphatic heterocycles. The zero-order valence-corrected chi connectivity index (χ0v) is 70.7. The number of nitrogens with two attached hydrogens (primary N) is 1. The number of carbonyl (C=O) groups excluding carboxylic acids is 9. The van der Waals surface area contributed by atoms with Crippen LogP contribution < -0.4 is 78.9 Å². The number of halogens is 4. The Hall–Kier alpha value is -11.1. The molecular formula is C82H92Cl4N14O25. The summed E-state index contributed by atoms with van der Waals surface area (Å²) in [4.78, 5) is 150. The van der Waals surface area contributed by atoms with Crippen molar-refractivity contribution in [2.75, 3.05) is 39.6 Å². The number of fused-ring (bicyclic) bond motifs is 15. The van der Waals surface area contributed by atoms with Crippen LogP contribution in [0.1, 0.15) is 111 Å². The van der Waals surface area contributed by atoms with Crippen molar-refractivity contribution in [1.82, 2.24) is 62.5 Å². The van der Waals surface area contributed by atoms with E-state index in [0.717, 1.165) is 60.7 Å². The minimum Gasteiger partial charge on any atom is -0.508 e. The van der Waals surface area contributed by atoms with Crippen LogP contribution in [-0.4, -0.2) is 227 Å². The molecule has 1 aromatic heterocycles. The molecule has 2 saturated heterocycles. The van der Waals surface area contributed by atoms with E-state index in [1.165, 1.54) is 80.2 Å². The van der Waals surface area contributed by atoms with Gasteiger partial charge < -0.3 is 128 Å². The molecule has 7 aliphatic rings. The lowest BCUT2D eigenvalue weighted by Crippen LogP contribution is -2.65. The fourth-order valence-electron chi connectivity index (χ4n) is 15.1. The van der Waals surface area contributed by atoms with Gasteiger partial charge in [-0.2, -0.15) is 4.98 Å². The van der Waals surface area contributed by atoms with Crippen molar-refractivity contribution >= 4 is 105 Å². The molecule has 7 aromatic rings. The maximum atomic E-state index is 16.3. The summed E-state index contributed by atoms with van der Waals surface area (Å²) in [6, 6.07) is 5.91. The number of amides is 9. The molecule has 9 amide bonds. The molecule has 21 N–H and O–H groups in total. The second-order valence-corrected chi connectivity index (χ2v) is 33.0. The number of ether oxygens (including phenoxy) is 6. The van der Waals surface area contributed by atoms with Gasteiger partial charge in [-0.3, -0.25) is 53.1 Å². The Kier molecular flexibility index (Phi) is 29.2. The van der Waals surface area contributed by atoms with Crippen molar-refractivity contribution in [3.8, 4) is 57.1 Å². The number of likely N-dealkylation sites (N-methyl/N-ethyl adjacent to an activating group) is 1. The molecule has 0 spiro atoms. The molecule has 0 unspecified atom stereocenters. The van der Waals surface area contributed by atoms with Crippen molar-refractivity contribution in [3.63, 3.8) is 0 Å². The Labute approximate surface area is 732 Å². The summed E-state index contributed by atoms with van der Waals surface area (Å²) in [6.45, 7) is 5.60. The summed E-state index contributed by atoms with van der Waals surface area (Å²) < 4.78 is 40.7. The Morgan fingerprint density at radius 1 is 0.704 bits per heavy atom. The highest BCUT2D eigenvalue weighted by Crippen LogP contribution is 2.50. The minimum absolute atomic E-state index is 0.0378. The third-order valence-corrected chi connectivity index (χ3v) is 22.8. The molecule has 6 aromatic carbocycles. The average molecular weight is 1820 g/mol. The van der Waals surface area contributed by atoms with E-state index in [2.05, 4.69) is 58.3 Å². The van der Waals surface area contributed by atoms with E-state index < -0.39 is 254 Å². The summed E-state index contributed by atoms with van der Waals surface area (Å²) in [5.74, 6) is -15.7. The third kappa shape index (κ3) is 21.2. The smallest absolute Gasteiger partial charge is 0.349 e. The van der Waals surface area contributed by atoms with Crippen LogP contribution in [-0.2, 0) is 70.3 Å². The average Bonchev–Trinajstić information content (AvgIpc) is 0.763. The van der Waals surface area contributed by atoms with E-state index in [4.69, 9.17) is 80.6 Å². The Bertz CT molecular complexity index is 5390. The number of aromatic hydroxyl groups is 3. The van der Waals surface area contributed by atoms with E-state index in [1.54, 1.807) is 13.0 Å². The van der Waals surface area contributed by atoms with E-state index in [1.807, 2.05) is 13.8 Å². The number of hydrogen-bond acceptors (Lipinski definition) is 29. The monoisotopic (exact) mass is 1810 g/mol. The lowest BCUT2D eigenvalue weighted by molar-refractivity contribution is -0.334. The quantitative estimate of drug-likeness (QED) is 0.0457. The van der Waals surface area contributed by atoms with E-state index >= 15 is 24.0 Å². The van der Waals surface area contributed by atoms with Gasteiger partial charge in [0.15, 0.2) is 23.9 Å². The van der Waals surface area contributed by atoms with Gasteiger partial charge in [-0.05, 0) is 139 Å². The number of carbonyl (C=O) groups is 9. The molecule has 0 radical (unpaired) electrons. The summed E-state index contributed by atoms with van der Waals surface area (Å²) >= 11 is 26.5. The predicted molar refractivity (Wildman–Crippen MR) is 445 cm³/mol. The highest BCUT2D eigenvalue weighted by molar-refractivity contribution is 6.42. The number of nitrogens with zero attached hydrogens (tertiary/aromatic N) is 3. The van der Waals surface area contributed by atoms with Gasteiger partial charge in [0.1, 0.15) is 101 Å². The molecule has 11 bridgehead atoms. The van der Waals surface area contributed by atoms with Gasteiger partial charge in [0.25, 0.3) is 5.91 Å². The molecule has 43 heteroatoms. The molecule has 0 saturated carbocycles. The van der Waals surface area contributed by atoms with E-state index in [0.29, 0.717) is 10.6 Å². The summed E-state index contributed by atoms with van der Waals surface area (Å²) in [5.41, 5.74) is 4.14. The molecule has 2 fully saturated rings. The molecule has 39 nitrogen and oxygen atoms in total. The number of nitrogens with one attached hydrogen (secondary N) is 10. The summed E-state index contributed by atoms with van der Waals surface area (Å²) in [6.07, 6.45) is -18.2. The summed E-state index contributed by atoms with van der Waals surface area (Å²) in [7, 11) is 4.29. The van der Waals surface area contributed by atoms with Gasteiger partial charge in [-0.15, -0.1) is 0 Å². The highest BCUT2D eigenvalue weighted by Gasteiger charge is 2.52. The van der Waals surface area contributed by atoms with Crippen LogP contribution in [0.15, 0.2) is 114 Å². The first-order valence-electron chi connectivity index (χ1n) is 39.2. The Morgan fingerprint density at radius 3 is 1.98 bits per heavy atom. The number of primary amides is 1.